The maximum absolute atomic E-state index is 12.5. The summed E-state index contributed by atoms with van der Waals surface area (Å²) in [5.74, 6) is 0.740. The Morgan fingerprint density at radius 3 is 2.55 bits per heavy atom. The maximum atomic E-state index is 12.5. The van der Waals surface area contributed by atoms with Gasteiger partial charge in [-0.2, -0.15) is 0 Å². The van der Waals surface area contributed by atoms with Crippen molar-refractivity contribution in [3.63, 3.8) is 0 Å². The van der Waals surface area contributed by atoms with E-state index in [-0.39, 0.29) is 17.4 Å². The van der Waals surface area contributed by atoms with Gasteiger partial charge in [-0.15, -0.1) is 11.6 Å². The first-order valence-corrected chi connectivity index (χ1v) is 8.12. The van der Waals surface area contributed by atoms with Gasteiger partial charge >= 0.3 is 0 Å². The first-order chi connectivity index (χ1) is 9.64. The van der Waals surface area contributed by atoms with Crippen molar-refractivity contribution in [2.24, 2.45) is 5.92 Å². The van der Waals surface area contributed by atoms with Crippen LogP contribution in [0.5, 0.6) is 0 Å². The molecule has 0 heterocycles. The largest absolute Gasteiger partial charge is 0.349 e. The van der Waals surface area contributed by atoms with Crippen molar-refractivity contribution in [2.75, 3.05) is 5.88 Å². The quantitative estimate of drug-likeness (QED) is 0.824. The third-order valence-electron chi connectivity index (χ3n) is 4.72. The Morgan fingerprint density at radius 2 is 1.95 bits per heavy atom. The van der Waals surface area contributed by atoms with Gasteiger partial charge in [-0.1, -0.05) is 38.1 Å². The maximum Gasteiger partial charge on any atom is 0.223 e. The van der Waals surface area contributed by atoms with E-state index in [1.165, 1.54) is 11.1 Å². The SMILES string of the molecule is CCC(CC)(CCl)NC(=O)C1CCc2ccccc2C1. The number of nitrogens with one attached hydrogen (secondary N) is 1. The Kier molecular flexibility index (Phi) is 5.09. The fraction of sp³-hybridized carbons (Fsp3) is 0.588. The second kappa shape index (κ2) is 6.62. The number of hydrogen-bond donors (Lipinski definition) is 1. The molecule has 3 heteroatoms. The van der Waals surface area contributed by atoms with E-state index < -0.39 is 0 Å². The van der Waals surface area contributed by atoms with Crippen molar-refractivity contribution in [3.05, 3.63) is 35.4 Å². The molecule has 2 rings (SSSR count). The summed E-state index contributed by atoms with van der Waals surface area (Å²) >= 11 is 6.07. The van der Waals surface area contributed by atoms with Gasteiger partial charge in [0.15, 0.2) is 0 Å². The number of amides is 1. The van der Waals surface area contributed by atoms with Crippen LogP contribution in [0.1, 0.15) is 44.2 Å². The van der Waals surface area contributed by atoms with Gasteiger partial charge in [0.1, 0.15) is 0 Å². The molecule has 1 N–H and O–H groups in total. The Balaban J connectivity index is 2.05. The Bertz CT molecular complexity index is 460. The number of rotatable bonds is 5. The van der Waals surface area contributed by atoms with E-state index in [0.717, 1.165) is 32.1 Å². The highest BCUT2D eigenvalue weighted by atomic mass is 35.5. The molecule has 0 saturated heterocycles. The van der Waals surface area contributed by atoms with E-state index >= 15 is 0 Å². The van der Waals surface area contributed by atoms with Crippen LogP contribution in [-0.4, -0.2) is 17.3 Å². The molecule has 1 aromatic rings. The van der Waals surface area contributed by atoms with Crippen molar-refractivity contribution in [1.82, 2.24) is 5.32 Å². The van der Waals surface area contributed by atoms with Crippen LogP contribution >= 0.6 is 11.6 Å². The highest BCUT2D eigenvalue weighted by Crippen LogP contribution is 2.27. The second-order valence-electron chi connectivity index (χ2n) is 5.82. The molecule has 1 aromatic carbocycles. The van der Waals surface area contributed by atoms with Crippen LogP contribution in [0.3, 0.4) is 0 Å². The highest BCUT2D eigenvalue weighted by molar-refractivity contribution is 6.18. The Morgan fingerprint density at radius 1 is 1.30 bits per heavy atom. The molecule has 110 valence electrons. The number of carbonyl (C=O) groups excluding carboxylic acids is 1. The number of fused-ring (bicyclic) bond motifs is 1. The molecule has 0 aliphatic heterocycles. The van der Waals surface area contributed by atoms with Crippen LogP contribution in [0, 0.1) is 5.92 Å². The average Bonchev–Trinajstić information content (AvgIpc) is 2.52. The van der Waals surface area contributed by atoms with Crippen molar-refractivity contribution in [1.29, 1.82) is 0 Å². The average molecular weight is 294 g/mol. The lowest BCUT2D eigenvalue weighted by atomic mass is 9.82. The predicted octanol–water partition coefficient (Wildman–Crippen LogP) is 3.71. The highest BCUT2D eigenvalue weighted by Gasteiger charge is 2.31. The van der Waals surface area contributed by atoms with Gasteiger partial charge in [0, 0.05) is 11.8 Å². The van der Waals surface area contributed by atoms with Crippen molar-refractivity contribution < 1.29 is 4.79 Å². The zero-order valence-electron chi connectivity index (χ0n) is 12.4. The van der Waals surface area contributed by atoms with Crippen LogP contribution in [-0.2, 0) is 17.6 Å². The molecule has 1 amide bonds. The number of hydrogen-bond acceptors (Lipinski definition) is 1. The molecule has 0 saturated carbocycles. The van der Waals surface area contributed by atoms with Crippen LogP contribution in [0.25, 0.3) is 0 Å². The van der Waals surface area contributed by atoms with Crippen LogP contribution in [0.4, 0.5) is 0 Å². The minimum absolute atomic E-state index is 0.0885. The van der Waals surface area contributed by atoms with E-state index in [1.807, 2.05) is 0 Å². The predicted molar refractivity (Wildman–Crippen MR) is 84.1 cm³/mol. The van der Waals surface area contributed by atoms with E-state index in [0.29, 0.717) is 5.88 Å². The first kappa shape index (κ1) is 15.4. The number of halogens is 1. The summed E-state index contributed by atoms with van der Waals surface area (Å²) in [5.41, 5.74) is 2.48. The molecular formula is C17H24ClNO. The number of alkyl halides is 1. The van der Waals surface area contributed by atoms with Crippen LogP contribution < -0.4 is 5.32 Å². The molecular weight excluding hydrogens is 270 g/mol. The standard InChI is InChI=1S/C17H24ClNO/c1-3-17(4-2,12-18)19-16(20)15-10-9-13-7-5-6-8-14(13)11-15/h5-8,15H,3-4,9-12H2,1-2H3,(H,19,20). The summed E-state index contributed by atoms with van der Waals surface area (Å²) in [6.07, 6.45) is 4.55. The molecule has 0 radical (unpaired) electrons. The summed E-state index contributed by atoms with van der Waals surface area (Å²) in [6.45, 7) is 4.17. The van der Waals surface area contributed by atoms with E-state index in [9.17, 15) is 4.79 Å². The van der Waals surface area contributed by atoms with Gasteiger partial charge in [-0.05, 0) is 43.2 Å². The fourth-order valence-electron chi connectivity index (χ4n) is 2.93. The van der Waals surface area contributed by atoms with Crippen LogP contribution in [0.2, 0.25) is 0 Å². The normalized spacial score (nSPS) is 18.4. The smallest absolute Gasteiger partial charge is 0.223 e. The van der Waals surface area contributed by atoms with Crippen LogP contribution in [0.15, 0.2) is 24.3 Å². The summed E-state index contributed by atoms with van der Waals surface area (Å²) in [4.78, 5) is 12.5. The minimum Gasteiger partial charge on any atom is -0.349 e. The van der Waals surface area contributed by atoms with Gasteiger partial charge in [0.25, 0.3) is 0 Å². The van der Waals surface area contributed by atoms with Crippen molar-refractivity contribution in [3.8, 4) is 0 Å². The molecule has 20 heavy (non-hydrogen) atoms. The molecule has 1 unspecified atom stereocenters. The van der Waals surface area contributed by atoms with Gasteiger partial charge in [-0.25, -0.2) is 0 Å². The first-order valence-electron chi connectivity index (χ1n) is 7.59. The molecule has 0 fully saturated rings. The van der Waals surface area contributed by atoms with Crippen molar-refractivity contribution in [2.45, 2.75) is 51.5 Å². The Labute approximate surface area is 126 Å². The fourth-order valence-corrected chi connectivity index (χ4v) is 3.38. The lowest BCUT2D eigenvalue weighted by Gasteiger charge is -2.33. The minimum atomic E-state index is -0.240. The number of benzene rings is 1. The molecule has 1 atom stereocenters. The lowest BCUT2D eigenvalue weighted by molar-refractivity contribution is -0.127. The van der Waals surface area contributed by atoms with Gasteiger partial charge < -0.3 is 5.32 Å². The van der Waals surface area contributed by atoms with E-state index in [1.54, 1.807) is 0 Å². The third kappa shape index (κ3) is 3.17. The summed E-state index contributed by atoms with van der Waals surface area (Å²) in [7, 11) is 0. The molecule has 0 aromatic heterocycles. The van der Waals surface area contributed by atoms with Crippen molar-refractivity contribution >= 4 is 17.5 Å². The van der Waals surface area contributed by atoms with E-state index in [2.05, 4.69) is 43.4 Å². The molecule has 2 nitrogen and oxygen atoms in total. The van der Waals surface area contributed by atoms with Gasteiger partial charge in [-0.3, -0.25) is 4.79 Å². The second-order valence-corrected chi connectivity index (χ2v) is 6.09. The topological polar surface area (TPSA) is 29.1 Å². The Hall–Kier alpha value is -1.02. The molecule has 0 bridgehead atoms. The van der Waals surface area contributed by atoms with Gasteiger partial charge in [0.05, 0.1) is 5.54 Å². The third-order valence-corrected chi connectivity index (χ3v) is 5.23. The zero-order valence-corrected chi connectivity index (χ0v) is 13.2. The lowest BCUT2D eigenvalue weighted by Crippen LogP contribution is -2.51. The summed E-state index contributed by atoms with van der Waals surface area (Å²) in [5, 5.41) is 3.21. The van der Waals surface area contributed by atoms with Gasteiger partial charge in [0.2, 0.25) is 5.91 Å². The summed E-state index contributed by atoms with van der Waals surface area (Å²) in [6, 6.07) is 8.44. The molecule has 1 aliphatic carbocycles. The molecule has 1 aliphatic rings. The van der Waals surface area contributed by atoms with E-state index in [4.69, 9.17) is 11.6 Å². The number of carbonyl (C=O) groups is 1. The summed E-state index contributed by atoms with van der Waals surface area (Å²) < 4.78 is 0. The zero-order chi connectivity index (χ0) is 14.6. The molecule has 0 spiro atoms. The monoisotopic (exact) mass is 293 g/mol. The number of aryl methyl sites for hydroxylation is 1.